The Morgan fingerprint density at radius 1 is 1.05 bits per heavy atom. The monoisotopic (exact) mass is 535 g/mol. The standard InChI is InChI=1S/C29H37N3O5Si/c1-38(2,3)17-16-36-28(34)26-14-9-15-32(26)27(33)25(18-22-19-30-24-13-8-7-12-23(22)24)31-29(35)37-20-21-10-5-4-6-11-21/h4-8,10-13,19,25-26,30H,9,14-18,20H2,1-3H3,(H,31,35)/t25-,26-/m0/s1. The van der Waals surface area contributed by atoms with E-state index in [-0.39, 0.29) is 24.9 Å². The van der Waals surface area contributed by atoms with Crippen LogP contribution in [0.1, 0.15) is 24.0 Å². The number of amides is 2. The predicted octanol–water partition coefficient (Wildman–Crippen LogP) is 4.88. The number of aromatic nitrogens is 1. The number of alkyl carbamates (subject to hydrolysis) is 1. The Balaban J connectivity index is 1.48. The Morgan fingerprint density at radius 2 is 1.79 bits per heavy atom. The van der Waals surface area contributed by atoms with Gasteiger partial charge in [0.25, 0.3) is 0 Å². The van der Waals surface area contributed by atoms with E-state index in [9.17, 15) is 14.4 Å². The number of nitrogens with zero attached hydrogens (tertiary/aromatic N) is 1. The van der Waals surface area contributed by atoms with Gasteiger partial charge in [0, 0.05) is 38.1 Å². The molecule has 8 nitrogen and oxygen atoms in total. The summed E-state index contributed by atoms with van der Waals surface area (Å²) in [7, 11) is -1.35. The van der Waals surface area contributed by atoms with Gasteiger partial charge in [0.15, 0.2) is 0 Å². The summed E-state index contributed by atoms with van der Waals surface area (Å²) in [5, 5.41) is 3.76. The topological polar surface area (TPSA) is 101 Å². The van der Waals surface area contributed by atoms with Crippen LogP contribution in [0.2, 0.25) is 25.7 Å². The maximum atomic E-state index is 13.8. The number of H-pyrrole nitrogens is 1. The Labute approximate surface area is 224 Å². The van der Waals surface area contributed by atoms with E-state index in [4.69, 9.17) is 9.47 Å². The molecule has 3 aromatic rings. The van der Waals surface area contributed by atoms with E-state index < -0.39 is 26.3 Å². The molecule has 9 heteroatoms. The molecule has 1 aliphatic rings. The summed E-state index contributed by atoms with van der Waals surface area (Å²) >= 11 is 0. The van der Waals surface area contributed by atoms with Crippen LogP contribution >= 0.6 is 0 Å². The van der Waals surface area contributed by atoms with Gasteiger partial charge in [0.1, 0.15) is 18.7 Å². The average Bonchev–Trinajstić information content (AvgIpc) is 3.54. The minimum Gasteiger partial charge on any atom is -0.464 e. The van der Waals surface area contributed by atoms with Gasteiger partial charge in [0.2, 0.25) is 5.91 Å². The van der Waals surface area contributed by atoms with Crippen molar-refractivity contribution in [2.75, 3.05) is 13.2 Å². The minimum absolute atomic E-state index is 0.0937. The van der Waals surface area contributed by atoms with Crippen molar-refractivity contribution in [3.63, 3.8) is 0 Å². The third kappa shape index (κ3) is 7.25. The second-order valence-corrected chi connectivity index (χ2v) is 16.6. The molecule has 38 heavy (non-hydrogen) atoms. The lowest BCUT2D eigenvalue weighted by Crippen LogP contribution is -2.53. The fourth-order valence-corrected chi connectivity index (χ4v) is 5.37. The largest absolute Gasteiger partial charge is 0.464 e. The van der Waals surface area contributed by atoms with Gasteiger partial charge in [-0.1, -0.05) is 68.2 Å². The number of hydrogen-bond donors (Lipinski definition) is 2. The number of benzene rings is 2. The van der Waals surface area contributed by atoms with Crippen LogP contribution in [-0.2, 0) is 32.1 Å². The molecule has 1 aliphatic heterocycles. The maximum absolute atomic E-state index is 13.8. The zero-order valence-corrected chi connectivity index (χ0v) is 23.4. The molecule has 1 saturated heterocycles. The molecule has 0 bridgehead atoms. The molecule has 0 saturated carbocycles. The zero-order valence-electron chi connectivity index (χ0n) is 22.4. The quantitative estimate of drug-likeness (QED) is 0.285. The zero-order chi connectivity index (χ0) is 27.1. The predicted molar refractivity (Wildman–Crippen MR) is 149 cm³/mol. The number of fused-ring (bicyclic) bond motifs is 1. The van der Waals surface area contributed by atoms with Gasteiger partial charge in [-0.25, -0.2) is 9.59 Å². The smallest absolute Gasteiger partial charge is 0.408 e. The van der Waals surface area contributed by atoms with Crippen molar-refractivity contribution in [1.29, 1.82) is 0 Å². The molecular formula is C29H37N3O5Si. The van der Waals surface area contributed by atoms with Crippen molar-refractivity contribution in [3.8, 4) is 0 Å². The number of nitrogens with one attached hydrogen (secondary N) is 2. The van der Waals surface area contributed by atoms with E-state index in [0.717, 1.165) is 28.1 Å². The van der Waals surface area contributed by atoms with Crippen LogP contribution in [0.15, 0.2) is 60.8 Å². The van der Waals surface area contributed by atoms with Crippen LogP contribution in [0.25, 0.3) is 10.9 Å². The number of rotatable bonds is 10. The Bertz CT molecular complexity index is 1250. The van der Waals surface area contributed by atoms with E-state index in [1.807, 2.05) is 60.8 Å². The lowest BCUT2D eigenvalue weighted by Gasteiger charge is -2.28. The van der Waals surface area contributed by atoms with E-state index in [1.165, 1.54) is 0 Å². The third-order valence-corrected chi connectivity index (χ3v) is 8.51. The van der Waals surface area contributed by atoms with Crippen LogP contribution in [0, 0.1) is 0 Å². The molecule has 1 fully saturated rings. The van der Waals surface area contributed by atoms with Crippen LogP contribution in [0.3, 0.4) is 0 Å². The van der Waals surface area contributed by atoms with Crippen LogP contribution in [-0.4, -0.2) is 61.2 Å². The Hall–Kier alpha value is -3.59. The van der Waals surface area contributed by atoms with Gasteiger partial charge < -0.3 is 24.7 Å². The first kappa shape index (κ1) is 27.4. The molecule has 0 radical (unpaired) electrons. The number of aromatic amines is 1. The summed E-state index contributed by atoms with van der Waals surface area (Å²) in [6, 6.07) is 16.5. The number of esters is 1. The summed E-state index contributed by atoms with van der Waals surface area (Å²) in [6.45, 7) is 7.59. The highest BCUT2D eigenvalue weighted by atomic mass is 28.3. The van der Waals surface area contributed by atoms with Crippen LogP contribution in [0.4, 0.5) is 4.79 Å². The maximum Gasteiger partial charge on any atom is 0.408 e. The number of carbonyl (C=O) groups is 3. The van der Waals surface area contributed by atoms with Crippen molar-refractivity contribution >= 4 is 36.9 Å². The third-order valence-electron chi connectivity index (χ3n) is 6.81. The lowest BCUT2D eigenvalue weighted by molar-refractivity contribution is -0.153. The Kier molecular flexibility index (Phi) is 8.88. The first-order valence-electron chi connectivity index (χ1n) is 13.2. The molecular weight excluding hydrogens is 498 g/mol. The van der Waals surface area contributed by atoms with Gasteiger partial charge in [-0.05, 0) is 36.1 Å². The number of hydrogen-bond acceptors (Lipinski definition) is 5. The van der Waals surface area contributed by atoms with Crippen molar-refractivity contribution in [1.82, 2.24) is 15.2 Å². The highest BCUT2D eigenvalue weighted by Crippen LogP contribution is 2.24. The molecule has 202 valence electrons. The van der Waals surface area contributed by atoms with Gasteiger partial charge in [-0.2, -0.15) is 0 Å². The molecule has 2 amide bonds. The van der Waals surface area contributed by atoms with Crippen LogP contribution in [0.5, 0.6) is 0 Å². The lowest BCUT2D eigenvalue weighted by atomic mass is 10.0. The molecule has 0 unspecified atom stereocenters. The van der Waals surface area contributed by atoms with E-state index in [2.05, 4.69) is 29.9 Å². The van der Waals surface area contributed by atoms with Crippen molar-refractivity contribution in [3.05, 3.63) is 71.9 Å². The molecule has 4 rings (SSSR count). The molecule has 2 N–H and O–H groups in total. The highest BCUT2D eigenvalue weighted by molar-refractivity contribution is 6.76. The van der Waals surface area contributed by atoms with E-state index in [1.54, 1.807) is 4.90 Å². The number of para-hydroxylation sites is 1. The fourth-order valence-electron chi connectivity index (χ4n) is 4.66. The van der Waals surface area contributed by atoms with E-state index >= 15 is 0 Å². The Morgan fingerprint density at radius 3 is 2.55 bits per heavy atom. The van der Waals surface area contributed by atoms with Crippen LogP contribution < -0.4 is 5.32 Å². The number of likely N-dealkylation sites (tertiary alicyclic amines) is 1. The fraction of sp³-hybridized carbons (Fsp3) is 0.414. The van der Waals surface area contributed by atoms with Crippen molar-refractivity contribution in [2.45, 2.75) is 63.6 Å². The SMILES string of the molecule is C[Si](C)(C)CCOC(=O)[C@@H]1CCCN1C(=O)[C@H](Cc1c[nH]c2ccccc12)NC(=O)OCc1ccccc1. The summed E-state index contributed by atoms with van der Waals surface area (Å²) in [5.74, 6) is -0.678. The van der Waals surface area contributed by atoms with Crippen molar-refractivity contribution < 1.29 is 23.9 Å². The average molecular weight is 536 g/mol. The molecule has 2 atom stereocenters. The highest BCUT2D eigenvalue weighted by Gasteiger charge is 2.39. The summed E-state index contributed by atoms with van der Waals surface area (Å²) in [5.41, 5.74) is 2.70. The van der Waals surface area contributed by atoms with Crippen molar-refractivity contribution in [2.24, 2.45) is 0 Å². The minimum atomic E-state index is -1.35. The molecule has 0 aliphatic carbocycles. The summed E-state index contributed by atoms with van der Waals surface area (Å²) < 4.78 is 11.0. The van der Waals surface area contributed by atoms with Gasteiger partial charge in [-0.15, -0.1) is 0 Å². The van der Waals surface area contributed by atoms with Gasteiger partial charge in [0.05, 0.1) is 6.61 Å². The van der Waals surface area contributed by atoms with E-state index in [0.29, 0.717) is 26.0 Å². The second-order valence-electron chi connectivity index (χ2n) is 11.0. The number of ether oxygens (including phenoxy) is 2. The summed E-state index contributed by atoms with van der Waals surface area (Å²) in [6.07, 6.45) is 2.69. The first-order chi connectivity index (χ1) is 18.2. The summed E-state index contributed by atoms with van der Waals surface area (Å²) in [4.78, 5) is 44.3. The molecule has 0 spiro atoms. The normalized spacial score (nSPS) is 16.3. The first-order valence-corrected chi connectivity index (χ1v) is 16.9. The molecule has 2 aromatic carbocycles. The second kappa shape index (κ2) is 12.3. The van der Waals surface area contributed by atoms with Gasteiger partial charge >= 0.3 is 12.1 Å². The molecule has 2 heterocycles. The number of carbonyl (C=O) groups excluding carboxylic acids is 3. The molecule has 1 aromatic heterocycles. The van der Waals surface area contributed by atoms with Gasteiger partial charge in [-0.3, -0.25) is 4.79 Å².